The van der Waals surface area contributed by atoms with Gasteiger partial charge in [0.1, 0.15) is 6.23 Å². The van der Waals surface area contributed by atoms with Gasteiger partial charge in [0.2, 0.25) is 0 Å². The number of nitrogens with zero attached hydrogens (tertiary/aromatic N) is 3. The van der Waals surface area contributed by atoms with Crippen LogP contribution in [0.15, 0.2) is 17.4 Å². The highest BCUT2D eigenvalue weighted by molar-refractivity contribution is 5.68. The molecule has 1 saturated heterocycles. The molecule has 0 radical (unpaired) electrons. The van der Waals surface area contributed by atoms with Gasteiger partial charge in [-0.05, 0) is 12.8 Å². The normalized spacial score (nSPS) is 24.5. The summed E-state index contributed by atoms with van der Waals surface area (Å²) in [6, 6.07) is 0. The van der Waals surface area contributed by atoms with Crippen LogP contribution in [0.4, 0.5) is 0 Å². The number of rotatable bonds is 2. The van der Waals surface area contributed by atoms with Gasteiger partial charge in [-0.1, -0.05) is 0 Å². The van der Waals surface area contributed by atoms with Gasteiger partial charge < -0.3 is 14.8 Å². The van der Waals surface area contributed by atoms with Crippen molar-refractivity contribution < 1.29 is 9.84 Å². The molecule has 17 heavy (non-hydrogen) atoms. The molecule has 7 heteroatoms. The molecule has 0 spiro atoms. The van der Waals surface area contributed by atoms with Gasteiger partial charge in [-0.25, -0.2) is 9.97 Å². The van der Waals surface area contributed by atoms with Crippen LogP contribution in [0.25, 0.3) is 11.2 Å². The first-order valence-corrected chi connectivity index (χ1v) is 5.46. The van der Waals surface area contributed by atoms with Crippen molar-refractivity contribution in [2.24, 2.45) is 0 Å². The summed E-state index contributed by atoms with van der Waals surface area (Å²) in [5.74, 6) is 0. The largest absolute Gasteiger partial charge is 0.394 e. The van der Waals surface area contributed by atoms with Crippen molar-refractivity contribution in [3.8, 4) is 0 Å². The predicted octanol–water partition coefficient (Wildman–Crippen LogP) is -0.211. The number of fused-ring (bicyclic) bond motifs is 1. The van der Waals surface area contributed by atoms with Crippen LogP contribution in [0.1, 0.15) is 19.1 Å². The zero-order chi connectivity index (χ0) is 11.8. The van der Waals surface area contributed by atoms with E-state index in [-0.39, 0.29) is 24.5 Å². The third-order valence-corrected chi connectivity index (χ3v) is 2.96. The summed E-state index contributed by atoms with van der Waals surface area (Å²) >= 11 is 0. The molecule has 0 aromatic carbocycles. The molecule has 1 fully saturated rings. The lowest BCUT2D eigenvalue weighted by atomic mass is 10.2. The average molecular weight is 239 g/mol. The predicted molar refractivity (Wildman–Crippen MR) is 58.4 cm³/mol. The van der Waals surface area contributed by atoms with Crippen molar-refractivity contribution in [2.75, 3.05) is 6.61 Å². The number of aliphatic hydroxyl groups is 1. The summed E-state index contributed by atoms with van der Waals surface area (Å²) in [7, 11) is 0. The number of hydrogen-bond acceptors (Lipinski definition) is 5. The highest BCUT2D eigenvalue weighted by Gasteiger charge is 2.27. The maximum Gasteiger partial charge on any atom is 0.278 e. The van der Waals surface area contributed by atoms with Crippen LogP contribution in [-0.4, -0.2) is 37.3 Å². The Bertz CT molecular complexity index is 590. The van der Waals surface area contributed by atoms with Gasteiger partial charge in [-0.15, -0.1) is 0 Å². The minimum Gasteiger partial charge on any atom is -0.394 e. The van der Waals surface area contributed by atoms with Crippen molar-refractivity contribution >= 4 is 11.2 Å². The fraction of sp³-hybridized carbons (Fsp3) is 0.500. The molecule has 2 atom stereocenters. The van der Waals surface area contributed by atoms with Gasteiger partial charge in [0.05, 0.1) is 25.4 Å². The Morgan fingerprint density at radius 2 is 2.41 bits per heavy atom. The quantitative estimate of drug-likeness (QED) is 0.756. The topological polar surface area (TPSA) is 93.0 Å². The Labute approximate surface area is 96.1 Å². The fourth-order valence-corrected chi connectivity index (χ4v) is 2.10. The molecule has 0 aliphatic carbocycles. The standard InChI is InChI=1S/C10H12N4O3/c15-3-6-1-2-7(17-6)14-5-13-8-9(14)11-4-12-10(8)16/h4-7,15H,1-3H2,(H,11,12,16)/t6-,7+/m0/s1/i8+1,9+1,13+1. The second kappa shape index (κ2) is 3.94. The number of nitrogens with one attached hydrogen (secondary N) is 1. The Hall–Kier alpha value is -1.73. The molecule has 1 aliphatic heterocycles. The van der Waals surface area contributed by atoms with Crippen LogP contribution in [0.2, 0.25) is 0 Å². The van der Waals surface area contributed by atoms with Crippen molar-refractivity contribution in [1.82, 2.24) is 19.5 Å². The highest BCUT2D eigenvalue weighted by Crippen LogP contribution is 2.29. The molecule has 2 N–H and O–H groups in total. The van der Waals surface area contributed by atoms with E-state index in [1.54, 1.807) is 10.9 Å². The molecule has 0 amide bonds. The second-order valence-corrected chi connectivity index (χ2v) is 4.03. The summed E-state index contributed by atoms with van der Waals surface area (Å²) in [6.07, 6.45) is 4.14. The summed E-state index contributed by atoms with van der Waals surface area (Å²) in [4.78, 5) is 22.1. The molecule has 7 nitrogen and oxygen atoms in total. The van der Waals surface area contributed by atoms with Crippen LogP contribution >= 0.6 is 0 Å². The first-order chi connectivity index (χ1) is 8.29. The smallest absolute Gasteiger partial charge is 0.278 e. The maximum absolute atomic E-state index is 11.5. The Balaban J connectivity index is 2.02. The van der Waals surface area contributed by atoms with Gasteiger partial charge in [0, 0.05) is 0 Å². The SMILES string of the molecule is O=c1[nH]cn[13c]2[13c]1[15n]cn2[C@H]1CC[C@@H](CO)O1. The van der Waals surface area contributed by atoms with Crippen LogP contribution in [-0.2, 0) is 4.74 Å². The molecular weight excluding hydrogens is 227 g/mol. The average Bonchev–Trinajstić information content (AvgIpc) is 2.94. The van der Waals surface area contributed by atoms with E-state index in [4.69, 9.17) is 9.84 Å². The second-order valence-electron chi connectivity index (χ2n) is 4.03. The lowest BCUT2D eigenvalue weighted by Gasteiger charge is -2.13. The molecule has 3 rings (SSSR count). The lowest BCUT2D eigenvalue weighted by Crippen LogP contribution is -2.14. The Morgan fingerprint density at radius 3 is 3.18 bits per heavy atom. The van der Waals surface area contributed by atoms with Crippen molar-refractivity contribution in [2.45, 2.75) is 25.2 Å². The minimum atomic E-state index is -0.259. The number of imidazole rings is 1. The van der Waals surface area contributed by atoms with Gasteiger partial charge in [-0.2, -0.15) is 0 Å². The molecule has 2 aromatic rings. The summed E-state index contributed by atoms with van der Waals surface area (Å²) in [5.41, 5.74) is 0.561. The summed E-state index contributed by atoms with van der Waals surface area (Å²) < 4.78 is 7.36. The van der Waals surface area contributed by atoms with Crippen LogP contribution in [0.3, 0.4) is 0 Å². The van der Waals surface area contributed by atoms with Crippen molar-refractivity contribution in [3.63, 3.8) is 0 Å². The summed E-state index contributed by atoms with van der Waals surface area (Å²) in [5, 5.41) is 9.02. The number of ether oxygens (including phenoxy) is 1. The van der Waals surface area contributed by atoms with E-state index in [2.05, 4.69) is 15.0 Å². The fourth-order valence-electron chi connectivity index (χ4n) is 2.10. The molecule has 1 aliphatic rings. The molecular formula is C10H12N4O3. The Morgan fingerprint density at radius 1 is 1.53 bits per heavy atom. The van der Waals surface area contributed by atoms with Gasteiger partial charge in [-0.3, -0.25) is 9.36 Å². The van der Waals surface area contributed by atoms with Gasteiger partial charge >= 0.3 is 0 Å². The molecule has 0 saturated carbocycles. The van der Waals surface area contributed by atoms with Crippen LogP contribution in [0, 0.1) is 0 Å². The van der Waals surface area contributed by atoms with Crippen LogP contribution < -0.4 is 5.56 Å². The van der Waals surface area contributed by atoms with E-state index in [0.717, 1.165) is 12.8 Å². The first-order valence-electron chi connectivity index (χ1n) is 5.46. The zero-order valence-electron chi connectivity index (χ0n) is 9.04. The monoisotopic (exact) mass is 239 g/mol. The highest BCUT2D eigenvalue weighted by atomic mass is 16.5. The van der Waals surface area contributed by atoms with Crippen LogP contribution in [0.5, 0.6) is 0 Å². The van der Waals surface area contributed by atoms with Crippen molar-refractivity contribution in [3.05, 3.63) is 23.0 Å². The zero-order valence-corrected chi connectivity index (χ0v) is 9.04. The number of aromatic amines is 1. The van der Waals surface area contributed by atoms with Gasteiger partial charge in [0.25, 0.3) is 5.56 Å². The molecule has 2 aromatic heterocycles. The number of aromatic nitrogens is 4. The summed E-state index contributed by atoms with van der Waals surface area (Å²) in [6.45, 7) is 0.0111. The third kappa shape index (κ3) is 1.63. The van der Waals surface area contributed by atoms with E-state index in [0.29, 0.717) is 11.2 Å². The number of H-pyrrole nitrogens is 1. The minimum absolute atomic E-state index is 0.0111. The van der Waals surface area contributed by atoms with E-state index in [9.17, 15) is 4.79 Å². The van der Waals surface area contributed by atoms with E-state index in [1.165, 1.54) is 6.33 Å². The molecule has 0 bridgehead atoms. The molecule has 90 valence electrons. The van der Waals surface area contributed by atoms with Gasteiger partial charge in [0.15, 0.2) is 11.2 Å². The molecule has 0 unspecified atom stereocenters. The maximum atomic E-state index is 11.5. The number of hydrogen-bond donors (Lipinski definition) is 2. The van der Waals surface area contributed by atoms with Crippen molar-refractivity contribution in [1.29, 1.82) is 0 Å². The first kappa shape index (κ1) is 10.4. The van der Waals surface area contributed by atoms with E-state index >= 15 is 0 Å². The Kier molecular flexibility index (Phi) is 2.41. The number of aliphatic hydroxyl groups excluding tert-OH is 1. The van der Waals surface area contributed by atoms with E-state index in [1.807, 2.05) is 0 Å². The third-order valence-electron chi connectivity index (χ3n) is 2.96. The van der Waals surface area contributed by atoms with E-state index < -0.39 is 0 Å². The molecule has 3 heterocycles. The lowest BCUT2D eigenvalue weighted by molar-refractivity contribution is -0.0207.